The maximum atomic E-state index is 4.35. The van der Waals surface area contributed by atoms with Crippen LogP contribution in [-0.4, -0.2) is 9.55 Å². The molecule has 0 atom stereocenters. The van der Waals surface area contributed by atoms with Gasteiger partial charge in [-0.2, -0.15) is 0 Å². The van der Waals surface area contributed by atoms with Crippen LogP contribution < -0.4 is 0 Å². The van der Waals surface area contributed by atoms with Crippen molar-refractivity contribution < 1.29 is 0 Å². The van der Waals surface area contributed by atoms with Crippen molar-refractivity contribution in [1.29, 1.82) is 0 Å². The molecule has 1 aromatic carbocycles. The monoisotopic (exact) mass is 228 g/mol. The van der Waals surface area contributed by atoms with Crippen molar-refractivity contribution in [2.24, 2.45) is 7.05 Å². The van der Waals surface area contributed by atoms with Gasteiger partial charge >= 0.3 is 0 Å². The van der Waals surface area contributed by atoms with E-state index in [4.69, 9.17) is 0 Å². The Kier molecular flexibility index (Phi) is 3.62. The normalized spacial score (nSPS) is 10.8. The van der Waals surface area contributed by atoms with E-state index < -0.39 is 0 Å². The number of aryl methyl sites for hydroxylation is 5. The number of imidazole rings is 1. The fourth-order valence-electron chi connectivity index (χ4n) is 2.18. The van der Waals surface area contributed by atoms with Crippen LogP contribution in [0.3, 0.4) is 0 Å². The summed E-state index contributed by atoms with van der Waals surface area (Å²) in [7, 11) is 2.01. The first-order valence-electron chi connectivity index (χ1n) is 6.18. The second kappa shape index (κ2) is 5.17. The van der Waals surface area contributed by atoms with Crippen molar-refractivity contribution in [3.05, 3.63) is 53.1 Å². The molecular formula is C15H20N2. The molecule has 0 saturated carbocycles. The predicted octanol–water partition coefficient (Wildman–Crippen LogP) is 3.21. The Morgan fingerprint density at radius 3 is 2.65 bits per heavy atom. The van der Waals surface area contributed by atoms with E-state index in [0.29, 0.717) is 0 Å². The van der Waals surface area contributed by atoms with Crippen molar-refractivity contribution in [2.75, 3.05) is 0 Å². The number of aromatic nitrogens is 2. The Morgan fingerprint density at radius 2 is 2.00 bits per heavy atom. The molecule has 90 valence electrons. The van der Waals surface area contributed by atoms with Crippen LogP contribution in [-0.2, 0) is 19.9 Å². The zero-order valence-corrected chi connectivity index (χ0v) is 10.9. The minimum absolute atomic E-state index is 1.06. The molecule has 2 nitrogen and oxygen atoms in total. The van der Waals surface area contributed by atoms with Gasteiger partial charge in [0.2, 0.25) is 0 Å². The minimum Gasteiger partial charge on any atom is -0.340 e. The van der Waals surface area contributed by atoms with Gasteiger partial charge in [0.25, 0.3) is 0 Å². The molecule has 0 bridgehead atoms. The second-order valence-corrected chi connectivity index (χ2v) is 4.81. The number of rotatable bonds is 4. The van der Waals surface area contributed by atoms with Gasteiger partial charge in [0.1, 0.15) is 0 Å². The average molecular weight is 228 g/mol. The molecule has 0 radical (unpaired) electrons. The van der Waals surface area contributed by atoms with E-state index in [1.165, 1.54) is 28.8 Å². The molecule has 0 fully saturated rings. The Bertz CT molecular complexity index is 497. The third-order valence-corrected chi connectivity index (χ3v) is 3.14. The molecule has 0 saturated heterocycles. The zero-order chi connectivity index (χ0) is 12.3. The molecule has 17 heavy (non-hydrogen) atoms. The molecule has 2 aromatic rings. The Hall–Kier alpha value is -1.57. The summed E-state index contributed by atoms with van der Waals surface area (Å²) in [4.78, 5) is 4.35. The van der Waals surface area contributed by atoms with Gasteiger partial charge in [0, 0.05) is 13.2 Å². The Morgan fingerprint density at radius 1 is 1.18 bits per heavy atom. The lowest BCUT2D eigenvalue weighted by atomic mass is 10.0. The summed E-state index contributed by atoms with van der Waals surface area (Å²) in [5.74, 6) is 0. The van der Waals surface area contributed by atoms with E-state index in [0.717, 1.165) is 12.8 Å². The van der Waals surface area contributed by atoms with Crippen LogP contribution in [0.25, 0.3) is 0 Å². The molecular weight excluding hydrogens is 208 g/mol. The topological polar surface area (TPSA) is 17.8 Å². The Labute approximate surface area is 103 Å². The highest BCUT2D eigenvalue weighted by molar-refractivity contribution is 5.30. The van der Waals surface area contributed by atoms with Crippen LogP contribution in [0.15, 0.2) is 30.7 Å². The lowest BCUT2D eigenvalue weighted by Crippen LogP contribution is -1.93. The van der Waals surface area contributed by atoms with E-state index in [1.54, 1.807) is 0 Å². The third kappa shape index (κ3) is 3.19. The van der Waals surface area contributed by atoms with Gasteiger partial charge in [-0.25, -0.2) is 4.98 Å². The SMILES string of the molecule is Cc1ccc(CCCc2cn(C)cn2)c(C)c1. The van der Waals surface area contributed by atoms with Crippen LogP contribution in [0.4, 0.5) is 0 Å². The predicted molar refractivity (Wildman–Crippen MR) is 71.1 cm³/mol. The summed E-state index contributed by atoms with van der Waals surface area (Å²) in [6, 6.07) is 6.71. The van der Waals surface area contributed by atoms with Gasteiger partial charge in [-0.1, -0.05) is 23.8 Å². The van der Waals surface area contributed by atoms with Gasteiger partial charge in [0.15, 0.2) is 0 Å². The first-order chi connectivity index (χ1) is 8.15. The summed E-state index contributed by atoms with van der Waals surface area (Å²) >= 11 is 0. The molecule has 0 unspecified atom stereocenters. The van der Waals surface area contributed by atoms with Crippen LogP contribution >= 0.6 is 0 Å². The van der Waals surface area contributed by atoms with E-state index in [9.17, 15) is 0 Å². The lowest BCUT2D eigenvalue weighted by Gasteiger charge is -2.06. The summed E-state index contributed by atoms with van der Waals surface area (Å²) in [5.41, 5.74) is 5.41. The lowest BCUT2D eigenvalue weighted by molar-refractivity contribution is 0.798. The molecule has 1 heterocycles. The first kappa shape index (κ1) is 11.9. The van der Waals surface area contributed by atoms with Crippen molar-refractivity contribution in [3.8, 4) is 0 Å². The van der Waals surface area contributed by atoms with Crippen molar-refractivity contribution in [2.45, 2.75) is 33.1 Å². The van der Waals surface area contributed by atoms with Gasteiger partial charge in [-0.15, -0.1) is 0 Å². The minimum atomic E-state index is 1.06. The maximum absolute atomic E-state index is 4.35. The standard InChI is InChI=1S/C15H20N2/c1-12-7-8-14(13(2)9-12)5-4-6-15-10-17(3)11-16-15/h7-11H,4-6H2,1-3H3. The molecule has 2 rings (SSSR count). The summed E-state index contributed by atoms with van der Waals surface area (Å²) < 4.78 is 2.01. The molecule has 1 aromatic heterocycles. The van der Waals surface area contributed by atoms with Crippen LogP contribution in [0.5, 0.6) is 0 Å². The summed E-state index contributed by atoms with van der Waals surface area (Å²) in [6.45, 7) is 4.34. The summed E-state index contributed by atoms with van der Waals surface area (Å²) in [6.07, 6.45) is 7.34. The van der Waals surface area contributed by atoms with E-state index >= 15 is 0 Å². The Balaban J connectivity index is 1.90. The highest BCUT2D eigenvalue weighted by Gasteiger charge is 2.01. The molecule has 0 N–H and O–H groups in total. The zero-order valence-electron chi connectivity index (χ0n) is 10.9. The molecule has 0 aliphatic heterocycles. The highest BCUT2D eigenvalue weighted by Crippen LogP contribution is 2.13. The second-order valence-electron chi connectivity index (χ2n) is 4.81. The number of nitrogens with zero attached hydrogens (tertiary/aromatic N) is 2. The van der Waals surface area contributed by atoms with Gasteiger partial charge < -0.3 is 4.57 Å². The molecule has 2 heteroatoms. The van der Waals surface area contributed by atoms with Crippen molar-refractivity contribution >= 4 is 0 Å². The van der Waals surface area contributed by atoms with Crippen molar-refractivity contribution in [3.63, 3.8) is 0 Å². The van der Waals surface area contributed by atoms with Gasteiger partial charge in [-0.05, 0) is 44.2 Å². The van der Waals surface area contributed by atoms with Crippen LogP contribution in [0.1, 0.15) is 28.8 Å². The largest absolute Gasteiger partial charge is 0.340 e. The fraction of sp³-hybridized carbons (Fsp3) is 0.400. The van der Waals surface area contributed by atoms with Crippen LogP contribution in [0, 0.1) is 13.8 Å². The molecule has 0 amide bonds. The molecule has 0 spiro atoms. The molecule has 0 aliphatic carbocycles. The quantitative estimate of drug-likeness (QED) is 0.785. The number of hydrogen-bond donors (Lipinski definition) is 0. The average Bonchev–Trinajstić information content (AvgIpc) is 2.68. The molecule has 0 aliphatic rings. The summed E-state index contributed by atoms with van der Waals surface area (Å²) in [5, 5.41) is 0. The van der Waals surface area contributed by atoms with E-state index in [-0.39, 0.29) is 0 Å². The van der Waals surface area contributed by atoms with E-state index in [2.05, 4.69) is 43.2 Å². The van der Waals surface area contributed by atoms with Crippen LogP contribution in [0.2, 0.25) is 0 Å². The van der Waals surface area contributed by atoms with Gasteiger partial charge in [0.05, 0.1) is 12.0 Å². The third-order valence-electron chi connectivity index (χ3n) is 3.14. The number of benzene rings is 1. The first-order valence-corrected chi connectivity index (χ1v) is 6.18. The fourth-order valence-corrected chi connectivity index (χ4v) is 2.18. The van der Waals surface area contributed by atoms with E-state index in [1.807, 2.05) is 17.9 Å². The highest BCUT2D eigenvalue weighted by atomic mass is 15.0. The van der Waals surface area contributed by atoms with Gasteiger partial charge in [-0.3, -0.25) is 0 Å². The smallest absolute Gasteiger partial charge is 0.0946 e. The number of hydrogen-bond acceptors (Lipinski definition) is 1. The maximum Gasteiger partial charge on any atom is 0.0946 e. The van der Waals surface area contributed by atoms with Crippen molar-refractivity contribution in [1.82, 2.24) is 9.55 Å².